The van der Waals surface area contributed by atoms with Crippen molar-refractivity contribution in [3.63, 3.8) is 0 Å². The van der Waals surface area contributed by atoms with Crippen LogP contribution in [0.1, 0.15) is 52.9 Å². The van der Waals surface area contributed by atoms with Crippen LogP contribution in [0.25, 0.3) is 0 Å². The normalized spacial score (nSPS) is 11.8. The summed E-state index contributed by atoms with van der Waals surface area (Å²) in [5.41, 5.74) is 1.42. The lowest BCUT2D eigenvalue weighted by molar-refractivity contribution is 0.689. The van der Waals surface area contributed by atoms with E-state index in [1.807, 2.05) is 0 Å². The van der Waals surface area contributed by atoms with E-state index < -0.39 is 0 Å². The summed E-state index contributed by atoms with van der Waals surface area (Å²) < 4.78 is 0. The molecule has 0 aliphatic carbocycles. The van der Waals surface area contributed by atoms with Crippen molar-refractivity contribution in [2.24, 2.45) is 0 Å². The van der Waals surface area contributed by atoms with E-state index in [1.54, 1.807) is 0 Å². The van der Waals surface area contributed by atoms with Crippen molar-refractivity contribution in [2.75, 3.05) is 6.54 Å². The zero-order valence-corrected chi connectivity index (χ0v) is 8.82. The van der Waals surface area contributed by atoms with Crippen molar-refractivity contribution in [1.29, 1.82) is 0 Å². The molecule has 0 atom stereocenters. The lowest BCUT2D eigenvalue weighted by Crippen LogP contribution is -2.13. The monoisotopic (exact) mass is 169 g/mol. The standard InChI is InChI=1S/C11H23N/c1-4-7-9-11(6-3)12-10-8-5-2/h9,12H,4-8,10H2,1-3H3/b11-9+. The third-order valence-corrected chi connectivity index (χ3v) is 1.94. The Labute approximate surface area is 77.2 Å². The Hall–Kier alpha value is -0.460. The first-order valence-electron chi connectivity index (χ1n) is 5.28. The van der Waals surface area contributed by atoms with E-state index in [1.165, 1.54) is 31.4 Å². The predicted molar refractivity (Wildman–Crippen MR) is 56.2 cm³/mol. The molecule has 1 N–H and O–H groups in total. The summed E-state index contributed by atoms with van der Waals surface area (Å²) in [6, 6.07) is 0. The van der Waals surface area contributed by atoms with Crippen LogP contribution in [0.4, 0.5) is 0 Å². The Kier molecular flexibility index (Phi) is 8.30. The van der Waals surface area contributed by atoms with Gasteiger partial charge in [-0.1, -0.05) is 39.7 Å². The highest BCUT2D eigenvalue weighted by Gasteiger charge is 1.90. The fraction of sp³-hybridized carbons (Fsp3) is 0.818. The maximum atomic E-state index is 3.47. The molecule has 0 heterocycles. The molecule has 0 bridgehead atoms. The van der Waals surface area contributed by atoms with Gasteiger partial charge in [-0.2, -0.15) is 0 Å². The average Bonchev–Trinajstić information content (AvgIpc) is 2.11. The van der Waals surface area contributed by atoms with E-state index in [0.29, 0.717) is 0 Å². The second kappa shape index (κ2) is 8.63. The van der Waals surface area contributed by atoms with Crippen LogP contribution >= 0.6 is 0 Å². The molecule has 1 nitrogen and oxygen atoms in total. The molecule has 12 heavy (non-hydrogen) atoms. The van der Waals surface area contributed by atoms with Gasteiger partial charge in [0, 0.05) is 12.2 Å². The minimum Gasteiger partial charge on any atom is -0.389 e. The smallest absolute Gasteiger partial charge is 0.0143 e. The van der Waals surface area contributed by atoms with Gasteiger partial charge in [0.2, 0.25) is 0 Å². The molecule has 0 aliphatic rings. The van der Waals surface area contributed by atoms with Gasteiger partial charge in [0.05, 0.1) is 0 Å². The van der Waals surface area contributed by atoms with Crippen LogP contribution in [0.3, 0.4) is 0 Å². The molecule has 0 rings (SSSR count). The molecule has 0 aromatic heterocycles. The van der Waals surface area contributed by atoms with E-state index in [9.17, 15) is 0 Å². The first-order chi connectivity index (χ1) is 5.85. The van der Waals surface area contributed by atoms with Crippen LogP contribution in [0.15, 0.2) is 11.8 Å². The average molecular weight is 169 g/mol. The third kappa shape index (κ3) is 6.26. The largest absolute Gasteiger partial charge is 0.389 e. The van der Waals surface area contributed by atoms with Gasteiger partial charge in [-0.05, 0) is 19.3 Å². The van der Waals surface area contributed by atoms with Crippen LogP contribution in [-0.4, -0.2) is 6.54 Å². The van der Waals surface area contributed by atoms with Crippen molar-refractivity contribution in [3.8, 4) is 0 Å². The minimum absolute atomic E-state index is 1.14. The number of hydrogen-bond donors (Lipinski definition) is 1. The zero-order chi connectivity index (χ0) is 9.23. The second-order valence-corrected chi connectivity index (χ2v) is 3.15. The molecule has 0 fully saturated rings. The Morgan fingerprint density at radius 1 is 1.17 bits per heavy atom. The summed E-state index contributed by atoms with van der Waals surface area (Å²) in [6.07, 6.45) is 8.49. The number of unbranched alkanes of at least 4 members (excludes halogenated alkanes) is 2. The molecule has 72 valence electrons. The van der Waals surface area contributed by atoms with Crippen LogP contribution in [0.5, 0.6) is 0 Å². The second-order valence-electron chi connectivity index (χ2n) is 3.15. The number of allylic oxidation sites excluding steroid dienone is 2. The van der Waals surface area contributed by atoms with Crippen molar-refractivity contribution in [1.82, 2.24) is 5.32 Å². The molecular weight excluding hydrogens is 146 g/mol. The van der Waals surface area contributed by atoms with E-state index in [2.05, 4.69) is 32.2 Å². The molecule has 0 aromatic carbocycles. The van der Waals surface area contributed by atoms with E-state index in [0.717, 1.165) is 13.0 Å². The van der Waals surface area contributed by atoms with Gasteiger partial charge in [-0.3, -0.25) is 0 Å². The molecule has 0 aromatic rings. The lowest BCUT2D eigenvalue weighted by atomic mass is 10.2. The molecule has 0 aliphatic heterocycles. The Bertz CT molecular complexity index is 116. The van der Waals surface area contributed by atoms with Gasteiger partial charge >= 0.3 is 0 Å². The van der Waals surface area contributed by atoms with Crippen molar-refractivity contribution in [2.45, 2.75) is 52.9 Å². The van der Waals surface area contributed by atoms with Gasteiger partial charge in [-0.25, -0.2) is 0 Å². The van der Waals surface area contributed by atoms with Crippen LogP contribution < -0.4 is 5.32 Å². The van der Waals surface area contributed by atoms with E-state index >= 15 is 0 Å². The Morgan fingerprint density at radius 2 is 1.92 bits per heavy atom. The fourth-order valence-corrected chi connectivity index (χ4v) is 1.09. The Balaban J connectivity index is 3.52. The summed E-state index contributed by atoms with van der Waals surface area (Å²) in [5.74, 6) is 0. The van der Waals surface area contributed by atoms with Crippen LogP contribution in [-0.2, 0) is 0 Å². The van der Waals surface area contributed by atoms with Gasteiger partial charge < -0.3 is 5.32 Å². The molecule has 0 saturated carbocycles. The number of nitrogens with one attached hydrogen (secondary N) is 1. The van der Waals surface area contributed by atoms with Gasteiger partial charge in [-0.15, -0.1) is 0 Å². The van der Waals surface area contributed by atoms with Crippen molar-refractivity contribution in [3.05, 3.63) is 11.8 Å². The maximum Gasteiger partial charge on any atom is 0.0143 e. The minimum atomic E-state index is 1.14. The first-order valence-corrected chi connectivity index (χ1v) is 5.28. The van der Waals surface area contributed by atoms with E-state index in [-0.39, 0.29) is 0 Å². The molecule has 1 heteroatoms. The molecule has 0 radical (unpaired) electrons. The predicted octanol–water partition coefficient (Wildman–Crippen LogP) is 3.47. The van der Waals surface area contributed by atoms with Crippen molar-refractivity contribution < 1.29 is 0 Å². The van der Waals surface area contributed by atoms with Crippen LogP contribution in [0, 0.1) is 0 Å². The summed E-state index contributed by atoms with van der Waals surface area (Å²) in [4.78, 5) is 0. The highest BCUT2D eigenvalue weighted by molar-refractivity contribution is 4.98. The molecular formula is C11H23N. The summed E-state index contributed by atoms with van der Waals surface area (Å²) in [7, 11) is 0. The quantitative estimate of drug-likeness (QED) is 0.575. The first kappa shape index (κ1) is 11.5. The van der Waals surface area contributed by atoms with Crippen molar-refractivity contribution >= 4 is 0 Å². The summed E-state index contributed by atoms with van der Waals surface area (Å²) >= 11 is 0. The zero-order valence-electron chi connectivity index (χ0n) is 8.82. The van der Waals surface area contributed by atoms with Crippen LogP contribution in [0.2, 0.25) is 0 Å². The van der Waals surface area contributed by atoms with Gasteiger partial charge in [0.1, 0.15) is 0 Å². The number of hydrogen-bond acceptors (Lipinski definition) is 1. The highest BCUT2D eigenvalue weighted by Crippen LogP contribution is 2.00. The molecule has 0 saturated heterocycles. The summed E-state index contributed by atoms with van der Waals surface area (Å²) in [5, 5.41) is 3.47. The Morgan fingerprint density at radius 3 is 2.42 bits per heavy atom. The van der Waals surface area contributed by atoms with E-state index in [4.69, 9.17) is 0 Å². The third-order valence-electron chi connectivity index (χ3n) is 1.94. The highest BCUT2D eigenvalue weighted by atomic mass is 14.9. The topological polar surface area (TPSA) is 12.0 Å². The summed E-state index contributed by atoms with van der Waals surface area (Å²) in [6.45, 7) is 7.79. The maximum absolute atomic E-state index is 3.47. The lowest BCUT2D eigenvalue weighted by Gasteiger charge is -2.07. The van der Waals surface area contributed by atoms with Gasteiger partial charge in [0.15, 0.2) is 0 Å². The molecule has 0 unspecified atom stereocenters. The van der Waals surface area contributed by atoms with Gasteiger partial charge in [0.25, 0.3) is 0 Å². The molecule has 0 amide bonds. The number of rotatable bonds is 7. The molecule has 0 spiro atoms. The SMILES string of the molecule is CCC/C=C(\CC)NCCCC. The fourth-order valence-electron chi connectivity index (χ4n) is 1.09.